The Kier molecular flexibility index (Phi) is 8.78. The summed E-state index contributed by atoms with van der Waals surface area (Å²) in [6, 6.07) is 20.4. The van der Waals surface area contributed by atoms with Gasteiger partial charge >= 0.3 is 0 Å². The van der Waals surface area contributed by atoms with E-state index in [2.05, 4.69) is 50.1 Å². The highest BCUT2D eigenvalue weighted by molar-refractivity contribution is 5.69. The van der Waals surface area contributed by atoms with Gasteiger partial charge in [-0.25, -0.2) is 0 Å². The Morgan fingerprint density at radius 2 is 1.15 bits per heavy atom. The molecule has 8 nitrogen and oxygen atoms in total. The number of nitrogens with zero attached hydrogens (tertiary/aromatic N) is 4. The minimum atomic E-state index is 0.575. The fraction of sp³-hybridized carbons (Fsp3) is 0.312. The fourth-order valence-corrected chi connectivity index (χ4v) is 5.09. The first kappa shape index (κ1) is 27.4. The predicted molar refractivity (Wildman–Crippen MR) is 156 cm³/mol. The second kappa shape index (κ2) is 12.8. The molecule has 40 heavy (non-hydrogen) atoms. The lowest BCUT2D eigenvalue weighted by Crippen LogP contribution is -2.45. The first-order valence-corrected chi connectivity index (χ1v) is 13.4. The molecule has 4 aromatic rings. The van der Waals surface area contributed by atoms with Crippen molar-refractivity contribution in [2.45, 2.75) is 13.1 Å². The van der Waals surface area contributed by atoms with E-state index in [-0.39, 0.29) is 0 Å². The Balaban J connectivity index is 1.20. The molecule has 3 heterocycles. The summed E-state index contributed by atoms with van der Waals surface area (Å²) in [7, 11) is 6.54. The molecule has 1 saturated heterocycles. The molecule has 2 aromatic heterocycles. The largest absolute Gasteiger partial charge is 0.497 e. The van der Waals surface area contributed by atoms with Crippen molar-refractivity contribution in [3.8, 4) is 45.5 Å². The molecule has 0 spiro atoms. The molecule has 0 unspecified atom stereocenters. The van der Waals surface area contributed by atoms with E-state index in [0.29, 0.717) is 17.2 Å². The second-order valence-electron chi connectivity index (χ2n) is 9.80. The van der Waals surface area contributed by atoms with Crippen LogP contribution >= 0.6 is 0 Å². The summed E-state index contributed by atoms with van der Waals surface area (Å²) in [6.07, 6.45) is 3.77. The highest BCUT2D eigenvalue weighted by Crippen LogP contribution is 2.41. The lowest BCUT2D eigenvalue weighted by molar-refractivity contribution is 0.122. The number of piperazine rings is 1. The van der Waals surface area contributed by atoms with Crippen LogP contribution < -0.4 is 18.9 Å². The van der Waals surface area contributed by atoms with E-state index in [9.17, 15) is 0 Å². The molecule has 1 aliphatic rings. The van der Waals surface area contributed by atoms with E-state index in [1.807, 2.05) is 42.7 Å². The molecule has 8 heteroatoms. The number of methoxy groups -OCH3 is 4. The second-order valence-corrected chi connectivity index (χ2v) is 9.80. The van der Waals surface area contributed by atoms with Crippen molar-refractivity contribution < 1.29 is 18.9 Å². The molecule has 0 N–H and O–H groups in total. The Morgan fingerprint density at radius 1 is 0.600 bits per heavy atom. The van der Waals surface area contributed by atoms with Gasteiger partial charge in [-0.05, 0) is 59.7 Å². The van der Waals surface area contributed by atoms with Crippen LogP contribution in [0.2, 0.25) is 0 Å². The molecule has 0 aliphatic carbocycles. The number of benzene rings is 2. The van der Waals surface area contributed by atoms with E-state index >= 15 is 0 Å². The minimum absolute atomic E-state index is 0.575. The van der Waals surface area contributed by atoms with Gasteiger partial charge in [0.1, 0.15) is 5.75 Å². The van der Waals surface area contributed by atoms with Crippen LogP contribution in [0.25, 0.3) is 22.5 Å². The summed E-state index contributed by atoms with van der Waals surface area (Å²) >= 11 is 0. The van der Waals surface area contributed by atoms with Crippen molar-refractivity contribution in [3.63, 3.8) is 0 Å². The average molecular weight is 541 g/mol. The van der Waals surface area contributed by atoms with Crippen LogP contribution in [0.4, 0.5) is 0 Å². The Morgan fingerprint density at radius 3 is 1.65 bits per heavy atom. The molecule has 0 bridgehead atoms. The van der Waals surface area contributed by atoms with Gasteiger partial charge in [0.25, 0.3) is 0 Å². The molecule has 1 aliphatic heterocycles. The highest BCUT2D eigenvalue weighted by atomic mass is 16.5. The van der Waals surface area contributed by atoms with Crippen molar-refractivity contribution >= 4 is 0 Å². The quantitative estimate of drug-likeness (QED) is 0.273. The summed E-state index contributed by atoms with van der Waals surface area (Å²) in [5.74, 6) is 2.65. The monoisotopic (exact) mass is 540 g/mol. The van der Waals surface area contributed by atoms with E-state index < -0.39 is 0 Å². The fourth-order valence-electron chi connectivity index (χ4n) is 5.09. The van der Waals surface area contributed by atoms with Gasteiger partial charge in [-0.3, -0.25) is 19.8 Å². The normalized spacial score (nSPS) is 14.1. The lowest BCUT2D eigenvalue weighted by Gasteiger charge is -2.34. The van der Waals surface area contributed by atoms with Crippen molar-refractivity contribution in [1.82, 2.24) is 19.8 Å². The molecule has 1 fully saturated rings. The van der Waals surface area contributed by atoms with Crippen LogP contribution in [0.15, 0.2) is 73.1 Å². The number of ether oxygens (including phenoxy) is 4. The molecule has 5 rings (SSSR count). The molecular formula is C32H36N4O4. The van der Waals surface area contributed by atoms with Crippen molar-refractivity contribution in [2.75, 3.05) is 54.6 Å². The van der Waals surface area contributed by atoms with Crippen molar-refractivity contribution in [2.24, 2.45) is 0 Å². The van der Waals surface area contributed by atoms with E-state index in [0.717, 1.165) is 67.5 Å². The zero-order valence-corrected chi connectivity index (χ0v) is 23.6. The molecule has 0 radical (unpaired) electrons. The summed E-state index contributed by atoms with van der Waals surface area (Å²) < 4.78 is 21.9. The Labute approximate surface area is 236 Å². The molecule has 2 aromatic carbocycles. The van der Waals surface area contributed by atoms with E-state index in [1.165, 1.54) is 11.1 Å². The standard InChI is InChI=1S/C32H36N4O4/c1-37-27-7-5-6-25(18-27)28-16-23(8-10-33-28)21-35-12-14-36(15-13-35)22-24-9-11-34-29(17-24)26-19-30(38-2)32(40-4)31(20-26)39-3/h5-11,16-20H,12-15,21-22H2,1-4H3. The SMILES string of the molecule is COc1cccc(-c2cc(CN3CCN(Cc4ccnc(-c5cc(OC)c(OC)c(OC)c5)c4)CC3)ccn2)c1. The minimum Gasteiger partial charge on any atom is -0.497 e. The first-order valence-electron chi connectivity index (χ1n) is 13.4. The van der Waals surface area contributed by atoms with Gasteiger partial charge < -0.3 is 18.9 Å². The van der Waals surface area contributed by atoms with Gasteiger partial charge in [0, 0.05) is 62.8 Å². The lowest BCUT2D eigenvalue weighted by atomic mass is 10.1. The summed E-state index contributed by atoms with van der Waals surface area (Å²) in [5.41, 5.74) is 6.33. The van der Waals surface area contributed by atoms with Crippen LogP contribution in [0.1, 0.15) is 11.1 Å². The van der Waals surface area contributed by atoms with Gasteiger partial charge in [0.05, 0.1) is 39.8 Å². The highest BCUT2D eigenvalue weighted by Gasteiger charge is 2.19. The topological polar surface area (TPSA) is 69.2 Å². The Hall–Kier alpha value is -4.14. The smallest absolute Gasteiger partial charge is 0.203 e. The van der Waals surface area contributed by atoms with Crippen LogP contribution in [-0.2, 0) is 13.1 Å². The maximum absolute atomic E-state index is 5.53. The summed E-state index contributed by atoms with van der Waals surface area (Å²) in [5, 5.41) is 0. The third-order valence-electron chi connectivity index (χ3n) is 7.25. The van der Waals surface area contributed by atoms with E-state index in [1.54, 1.807) is 28.4 Å². The Bertz CT molecular complexity index is 1410. The molecule has 208 valence electrons. The van der Waals surface area contributed by atoms with Crippen LogP contribution in [0.5, 0.6) is 23.0 Å². The van der Waals surface area contributed by atoms with E-state index in [4.69, 9.17) is 18.9 Å². The van der Waals surface area contributed by atoms with Crippen LogP contribution in [0, 0.1) is 0 Å². The van der Waals surface area contributed by atoms with Crippen LogP contribution in [0.3, 0.4) is 0 Å². The summed E-state index contributed by atoms with van der Waals surface area (Å²) in [4.78, 5) is 14.2. The number of hydrogen-bond acceptors (Lipinski definition) is 8. The van der Waals surface area contributed by atoms with Gasteiger partial charge in [-0.1, -0.05) is 12.1 Å². The molecule has 0 amide bonds. The van der Waals surface area contributed by atoms with Gasteiger partial charge in [-0.15, -0.1) is 0 Å². The van der Waals surface area contributed by atoms with Crippen molar-refractivity contribution in [3.05, 3.63) is 84.2 Å². The summed E-state index contributed by atoms with van der Waals surface area (Å²) in [6.45, 7) is 5.84. The zero-order valence-electron chi connectivity index (χ0n) is 23.6. The molecule has 0 atom stereocenters. The average Bonchev–Trinajstić information content (AvgIpc) is 3.01. The van der Waals surface area contributed by atoms with Crippen LogP contribution in [-0.4, -0.2) is 74.4 Å². The van der Waals surface area contributed by atoms with Gasteiger partial charge in [0.2, 0.25) is 5.75 Å². The zero-order chi connectivity index (χ0) is 27.9. The molecule has 0 saturated carbocycles. The number of hydrogen-bond donors (Lipinski definition) is 0. The predicted octanol–water partition coefficient (Wildman–Crippen LogP) is 5.16. The third-order valence-corrected chi connectivity index (χ3v) is 7.25. The number of pyridine rings is 2. The first-order chi connectivity index (χ1) is 19.6. The number of rotatable bonds is 10. The third kappa shape index (κ3) is 6.35. The number of aromatic nitrogens is 2. The maximum Gasteiger partial charge on any atom is 0.203 e. The van der Waals surface area contributed by atoms with Crippen molar-refractivity contribution in [1.29, 1.82) is 0 Å². The van der Waals surface area contributed by atoms with Gasteiger partial charge in [0.15, 0.2) is 11.5 Å². The van der Waals surface area contributed by atoms with Gasteiger partial charge in [-0.2, -0.15) is 0 Å². The molecular weight excluding hydrogens is 504 g/mol. The maximum atomic E-state index is 5.53.